The molecule has 3 heteroatoms. The van der Waals surface area contributed by atoms with E-state index >= 15 is 0 Å². The quantitative estimate of drug-likeness (QED) is 0.793. The van der Waals surface area contributed by atoms with E-state index in [0.717, 1.165) is 17.7 Å². The highest BCUT2D eigenvalue weighted by molar-refractivity contribution is 5.71. The van der Waals surface area contributed by atoms with Crippen molar-refractivity contribution in [3.05, 3.63) is 30.6 Å². The predicted molar refractivity (Wildman–Crippen MR) is 65.2 cm³/mol. The third-order valence-electron chi connectivity index (χ3n) is 2.55. The number of aromatic nitrogens is 1. The lowest BCUT2D eigenvalue weighted by Crippen LogP contribution is -2.36. The van der Waals surface area contributed by atoms with Crippen LogP contribution in [0.5, 0.6) is 0 Å². The first-order chi connectivity index (χ1) is 6.96. The minimum absolute atomic E-state index is 0.0271. The molecule has 0 unspecified atom stereocenters. The summed E-state index contributed by atoms with van der Waals surface area (Å²) >= 11 is 0. The van der Waals surface area contributed by atoms with Crippen LogP contribution < -0.4 is 11.1 Å². The van der Waals surface area contributed by atoms with Crippen LogP contribution in [0.1, 0.15) is 32.8 Å². The van der Waals surface area contributed by atoms with Gasteiger partial charge in [0, 0.05) is 34.9 Å². The molecule has 3 nitrogen and oxygen atoms in total. The van der Waals surface area contributed by atoms with Gasteiger partial charge < -0.3 is 11.1 Å². The van der Waals surface area contributed by atoms with Gasteiger partial charge in [0.2, 0.25) is 0 Å². The molecular weight excluding hydrogens is 186 g/mol. The van der Waals surface area contributed by atoms with Crippen molar-refractivity contribution in [3.63, 3.8) is 0 Å². The largest absolute Gasteiger partial charge is 0.398 e. The monoisotopic (exact) mass is 205 g/mol. The van der Waals surface area contributed by atoms with Gasteiger partial charge in [-0.1, -0.05) is 13.5 Å². The number of nitrogens with one attached hydrogen (secondary N) is 1. The number of rotatable bonds is 4. The first-order valence-corrected chi connectivity index (χ1v) is 5.13. The maximum absolute atomic E-state index is 5.84. The van der Waals surface area contributed by atoms with Crippen LogP contribution in [-0.2, 0) is 0 Å². The summed E-state index contributed by atoms with van der Waals surface area (Å²) < 4.78 is 0. The Kier molecular flexibility index (Phi) is 3.35. The Balaban J connectivity index is 2.83. The molecule has 15 heavy (non-hydrogen) atoms. The van der Waals surface area contributed by atoms with Gasteiger partial charge >= 0.3 is 0 Å². The van der Waals surface area contributed by atoms with Crippen LogP contribution in [0.15, 0.2) is 25.0 Å². The van der Waals surface area contributed by atoms with Crippen molar-refractivity contribution < 1.29 is 0 Å². The first kappa shape index (κ1) is 11.6. The van der Waals surface area contributed by atoms with E-state index in [-0.39, 0.29) is 5.54 Å². The van der Waals surface area contributed by atoms with E-state index < -0.39 is 0 Å². The van der Waals surface area contributed by atoms with E-state index in [4.69, 9.17) is 5.73 Å². The molecule has 0 atom stereocenters. The second-order valence-electron chi connectivity index (χ2n) is 4.30. The summed E-state index contributed by atoms with van der Waals surface area (Å²) in [5.74, 6) is 0. The fourth-order valence-corrected chi connectivity index (χ4v) is 1.22. The van der Waals surface area contributed by atoms with E-state index in [2.05, 4.69) is 37.7 Å². The Labute approximate surface area is 91.4 Å². The Hall–Kier alpha value is -1.51. The minimum Gasteiger partial charge on any atom is -0.398 e. The Morgan fingerprint density at radius 1 is 1.60 bits per heavy atom. The molecule has 1 aromatic heterocycles. The predicted octanol–water partition coefficient (Wildman–Crippen LogP) is 2.41. The molecule has 0 radical (unpaired) electrons. The van der Waals surface area contributed by atoms with Crippen LogP contribution in [0.4, 0.5) is 5.69 Å². The molecule has 1 aromatic rings. The van der Waals surface area contributed by atoms with Crippen molar-refractivity contribution in [1.29, 1.82) is 0 Å². The van der Waals surface area contributed by atoms with Crippen LogP contribution in [0.25, 0.3) is 5.70 Å². The Bertz CT molecular complexity index is 356. The second kappa shape index (κ2) is 4.34. The summed E-state index contributed by atoms with van der Waals surface area (Å²) in [6.45, 7) is 10.4. The zero-order valence-electron chi connectivity index (χ0n) is 9.67. The summed E-state index contributed by atoms with van der Waals surface area (Å²) in [7, 11) is 0. The van der Waals surface area contributed by atoms with Crippen molar-refractivity contribution in [2.75, 3.05) is 5.73 Å². The van der Waals surface area contributed by atoms with E-state index in [9.17, 15) is 0 Å². The van der Waals surface area contributed by atoms with Gasteiger partial charge in [-0.15, -0.1) is 0 Å². The van der Waals surface area contributed by atoms with Crippen LogP contribution in [-0.4, -0.2) is 10.5 Å². The molecule has 0 saturated heterocycles. The lowest BCUT2D eigenvalue weighted by Gasteiger charge is -2.27. The molecule has 0 aromatic carbocycles. The van der Waals surface area contributed by atoms with Crippen molar-refractivity contribution >= 4 is 11.4 Å². The van der Waals surface area contributed by atoms with E-state index in [1.165, 1.54) is 0 Å². The second-order valence-corrected chi connectivity index (χ2v) is 4.30. The maximum atomic E-state index is 5.84. The van der Waals surface area contributed by atoms with E-state index in [1.807, 2.05) is 0 Å². The van der Waals surface area contributed by atoms with Crippen LogP contribution in [0.3, 0.4) is 0 Å². The molecular formula is C12H19N3. The average Bonchev–Trinajstić information content (AvgIpc) is 2.17. The fraction of sp³-hybridized carbons (Fsp3) is 0.417. The normalized spacial score (nSPS) is 11.1. The molecule has 0 aliphatic rings. The summed E-state index contributed by atoms with van der Waals surface area (Å²) in [6, 6.07) is 1.78. The fourth-order valence-electron chi connectivity index (χ4n) is 1.22. The van der Waals surface area contributed by atoms with Crippen LogP contribution >= 0.6 is 0 Å². The number of nitrogens with zero attached hydrogens (tertiary/aromatic N) is 1. The number of anilines is 1. The van der Waals surface area contributed by atoms with Crippen molar-refractivity contribution in [3.8, 4) is 0 Å². The van der Waals surface area contributed by atoms with Crippen LogP contribution in [0, 0.1) is 0 Å². The van der Waals surface area contributed by atoms with Crippen molar-refractivity contribution in [2.45, 2.75) is 32.7 Å². The van der Waals surface area contributed by atoms with Crippen molar-refractivity contribution in [2.24, 2.45) is 0 Å². The lowest BCUT2D eigenvalue weighted by molar-refractivity contribution is 0.437. The highest BCUT2D eigenvalue weighted by Crippen LogP contribution is 2.20. The number of hydrogen-bond acceptors (Lipinski definition) is 3. The number of nitrogens with two attached hydrogens (primary N) is 1. The summed E-state index contributed by atoms with van der Waals surface area (Å²) in [4.78, 5) is 4.04. The first-order valence-electron chi connectivity index (χ1n) is 5.13. The van der Waals surface area contributed by atoms with Crippen LogP contribution in [0.2, 0.25) is 0 Å². The standard InChI is InChI=1S/C12H19N3/c1-5-12(3,4)15-9(2)10-8-14-7-6-11(10)13/h6-8,15H,2,5H2,1,3-4H3,(H2,13,14). The number of hydrogen-bond donors (Lipinski definition) is 2. The zero-order valence-corrected chi connectivity index (χ0v) is 9.67. The summed E-state index contributed by atoms with van der Waals surface area (Å²) in [5, 5.41) is 3.35. The van der Waals surface area contributed by atoms with Crippen molar-refractivity contribution in [1.82, 2.24) is 10.3 Å². The lowest BCUT2D eigenvalue weighted by atomic mass is 10.0. The third kappa shape index (κ3) is 2.98. The topological polar surface area (TPSA) is 50.9 Å². The van der Waals surface area contributed by atoms with Gasteiger partial charge in [0.25, 0.3) is 0 Å². The minimum atomic E-state index is 0.0271. The van der Waals surface area contributed by atoms with Gasteiger partial charge in [0.05, 0.1) is 0 Å². The van der Waals surface area contributed by atoms with Gasteiger partial charge in [-0.2, -0.15) is 0 Å². The molecule has 82 valence electrons. The Morgan fingerprint density at radius 3 is 2.80 bits per heavy atom. The van der Waals surface area contributed by atoms with Gasteiger partial charge in [-0.05, 0) is 26.3 Å². The molecule has 3 N–H and O–H groups in total. The molecule has 0 aliphatic heterocycles. The zero-order chi connectivity index (χ0) is 11.5. The maximum Gasteiger partial charge on any atom is 0.0439 e. The van der Waals surface area contributed by atoms with E-state index in [0.29, 0.717) is 5.69 Å². The summed E-state index contributed by atoms with van der Waals surface area (Å²) in [6.07, 6.45) is 4.43. The van der Waals surface area contributed by atoms with Gasteiger partial charge in [0.15, 0.2) is 0 Å². The van der Waals surface area contributed by atoms with Gasteiger partial charge in [-0.3, -0.25) is 4.98 Å². The Morgan fingerprint density at radius 2 is 2.27 bits per heavy atom. The molecule has 0 fully saturated rings. The highest BCUT2D eigenvalue weighted by Gasteiger charge is 2.16. The van der Waals surface area contributed by atoms with E-state index in [1.54, 1.807) is 18.5 Å². The average molecular weight is 205 g/mol. The molecule has 0 aliphatic carbocycles. The number of pyridine rings is 1. The smallest absolute Gasteiger partial charge is 0.0439 e. The summed E-state index contributed by atoms with van der Waals surface area (Å²) in [5.41, 5.74) is 8.27. The van der Waals surface area contributed by atoms with Gasteiger partial charge in [0.1, 0.15) is 0 Å². The highest BCUT2D eigenvalue weighted by atomic mass is 15.0. The molecule has 1 heterocycles. The molecule has 0 saturated carbocycles. The van der Waals surface area contributed by atoms with Gasteiger partial charge in [-0.25, -0.2) is 0 Å². The molecule has 0 amide bonds. The SMILES string of the molecule is C=C(NC(C)(C)CC)c1cnccc1N. The number of nitrogen functional groups attached to an aromatic ring is 1. The third-order valence-corrected chi connectivity index (χ3v) is 2.55. The molecule has 0 spiro atoms. The molecule has 1 rings (SSSR count). The molecule has 0 bridgehead atoms.